The number of carbonyl (C=O) groups is 2. The van der Waals surface area contributed by atoms with E-state index in [9.17, 15) is 19.1 Å². The number of nitrogens with zero attached hydrogens (tertiary/aromatic N) is 1. The van der Waals surface area contributed by atoms with Crippen LogP contribution in [0.4, 0.5) is 4.39 Å². The number of Topliss-reactive ketones (excluding diaryl/α,β-unsaturated/α-hetero) is 1. The quantitative estimate of drug-likeness (QED) is 0.283. The zero-order chi connectivity index (χ0) is 20.6. The van der Waals surface area contributed by atoms with Gasteiger partial charge >= 0.3 is 5.97 Å². The van der Waals surface area contributed by atoms with E-state index in [1.54, 1.807) is 6.92 Å². The molecule has 1 aliphatic carbocycles. The second kappa shape index (κ2) is 11.1. The van der Waals surface area contributed by atoms with Gasteiger partial charge in [-0.05, 0) is 51.4 Å². The highest BCUT2D eigenvalue weighted by atomic mass is 32.2. The number of rotatable bonds is 12. The Labute approximate surface area is 173 Å². The molecule has 0 aromatic carbocycles. The van der Waals surface area contributed by atoms with E-state index in [2.05, 4.69) is 11.1 Å². The van der Waals surface area contributed by atoms with Crippen molar-refractivity contribution in [2.75, 3.05) is 12.4 Å². The first-order valence-corrected chi connectivity index (χ1v) is 11.5. The number of allylic oxidation sites excluding steroid dienone is 1. The molecule has 8 heteroatoms. The molecule has 2 N–H and O–H groups in total. The average molecular weight is 430 g/mol. The van der Waals surface area contributed by atoms with E-state index in [0.29, 0.717) is 42.2 Å². The summed E-state index contributed by atoms with van der Waals surface area (Å²) in [6.07, 6.45) is 8.36. The summed E-state index contributed by atoms with van der Waals surface area (Å²) < 4.78 is 12.9. The Morgan fingerprint density at radius 3 is 2.96 bits per heavy atom. The molecule has 0 spiro atoms. The van der Waals surface area contributed by atoms with Crippen LogP contribution in [0.1, 0.15) is 62.4 Å². The number of hydrogen-bond acceptors (Lipinski definition) is 6. The Balaban J connectivity index is 1.80. The fraction of sp³-hybridized carbons (Fsp3) is 0.650. The van der Waals surface area contributed by atoms with Gasteiger partial charge in [-0.1, -0.05) is 23.9 Å². The normalized spacial score (nSPS) is 22.0. The van der Waals surface area contributed by atoms with Gasteiger partial charge in [0, 0.05) is 23.5 Å². The van der Waals surface area contributed by atoms with Crippen molar-refractivity contribution in [1.29, 1.82) is 0 Å². The molecule has 1 aromatic rings. The standard InChI is InChI=1S/C20H28FNO4S2/c1-20(26,9-2-3-11-21)10-4-5-14-6-7-17(23)15(14)8-12-27-19-22-16(13-28-19)18(24)25/h4-5,13-15,26H,2-3,6-12H2,1H3,(H,24,25)/b5-4+/t14-,15+,20?/m0/s1. The second-order valence-corrected chi connectivity index (χ2v) is 9.69. The Kier molecular flexibility index (Phi) is 9.11. The molecule has 1 heterocycles. The fourth-order valence-electron chi connectivity index (χ4n) is 3.43. The first-order chi connectivity index (χ1) is 13.3. The highest BCUT2D eigenvalue weighted by Crippen LogP contribution is 2.35. The van der Waals surface area contributed by atoms with Gasteiger partial charge in [-0.15, -0.1) is 11.3 Å². The van der Waals surface area contributed by atoms with Crippen molar-refractivity contribution in [3.8, 4) is 0 Å². The number of alkyl halides is 1. The molecule has 0 saturated heterocycles. The minimum atomic E-state index is -1.03. The molecule has 1 aliphatic rings. The van der Waals surface area contributed by atoms with Crippen molar-refractivity contribution < 1.29 is 24.2 Å². The van der Waals surface area contributed by atoms with E-state index in [0.717, 1.165) is 12.8 Å². The number of carbonyl (C=O) groups excluding carboxylic acids is 1. The van der Waals surface area contributed by atoms with Crippen LogP contribution >= 0.6 is 23.1 Å². The van der Waals surface area contributed by atoms with E-state index in [-0.39, 0.29) is 30.0 Å². The Bertz CT molecular complexity index is 690. The maximum atomic E-state index is 12.2. The maximum Gasteiger partial charge on any atom is 0.355 e. The molecule has 1 unspecified atom stereocenters. The van der Waals surface area contributed by atoms with Gasteiger partial charge in [0.25, 0.3) is 0 Å². The molecule has 1 fully saturated rings. The molecule has 0 amide bonds. The molecule has 3 atom stereocenters. The summed E-state index contributed by atoms with van der Waals surface area (Å²) in [6.45, 7) is 1.41. The number of aromatic nitrogens is 1. The third-order valence-electron chi connectivity index (χ3n) is 5.05. The Morgan fingerprint density at radius 2 is 2.29 bits per heavy atom. The van der Waals surface area contributed by atoms with E-state index in [4.69, 9.17) is 5.11 Å². The predicted molar refractivity (Wildman–Crippen MR) is 110 cm³/mol. The number of hydrogen-bond donors (Lipinski definition) is 2. The number of aromatic carboxylic acids is 1. The SMILES string of the molecule is CC(O)(C/C=C/[C@H]1CCC(=O)[C@@H]1CCSc1nc(C(=O)O)cs1)CCCCF. The molecule has 5 nitrogen and oxygen atoms in total. The average Bonchev–Trinajstić information content (AvgIpc) is 3.23. The lowest BCUT2D eigenvalue weighted by atomic mass is 9.90. The van der Waals surface area contributed by atoms with Crippen LogP contribution in [0.2, 0.25) is 0 Å². The molecule has 1 saturated carbocycles. The molecule has 1 aromatic heterocycles. The maximum absolute atomic E-state index is 12.2. The van der Waals surface area contributed by atoms with Gasteiger partial charge in [-0.3, -0.25) is 9.18 Å². The van der Waals surface area contributed by atoms with Crippen molar-refractivity contribution >= 4 is 34.9 Å². The monoisotopic (exact) mass is 429 g/mol. The van der Waals surface area contributed by atoms with E-state index in [1.807, 2.05) is 6.08 Å². The number of thioether (sulfide) groups is 1. The summed E-state index contributed by atoms with van der Waals surface area (Å²) in [6, 6.07) is 0. The summed E-state index contributed by atoms with van der Waals surface area (Å²) in [5.74, 6) is 0.115. The smallest absolute Gasteiger partial charge is 0.355 e. The number of carboxylic acids is 1. The van der Waals surface area contributed by atoms with Crippen molar-refractivity contribution in [1.82, 2.24) is 4.98 Å². The lowest BCUT2D eigenvalue weighted by Gasteiger charge is -2.21. The van der Waals surface area contributed by atoms with Crippen LogP contribution in [-0.4, -0.2) is 45.0 Å². The number of unbranched alkanes of at least 4 members (excludes halogenated alkanes) is 1. The lowest BCUT2D eigenvalue weighted by Crippen LogP contribution is -2.23. The van der Waals surface area contributed by atoms with Gasteiger partial charge in [0.15, 0.2) is 10.0 Å². The van der Waals surface area contributed by atoms with E-state index >= 15 is 0 Å². The first kappa shape index (κ1) is 23.0. The minimum Gasteiger partial charge on any atom is -0.476 e. The molecular weight excluding hydrogens is 401 g/mol. The van der Waals surface area contributed by atoms with Crippen LogP contribution in [0.3, 0.4) is 0 Å². The molecule has 28 heavy (non-hydrogen) atoms. The van der Waals surface area contributed by atoms with Gasteiger partial charge in [-0.25, -0.2) is 9.78 Å². The second-order valence-electron chi connectivity index (χ2n) is 7.49. The molecule has 0 radical (unpaired) electrons. The lowest BCUT2D eigenvalue weighted by molar-refractivity contribution is -0.121. The molecule has 156 valence electrons. The number of ketones is 1. The molecular formula is C20H28FNO4S2. The minimum absolute atomic E-state index is 0.0286. The highest BCUT2D eigenvalue weighted by molar-refractivity contribution is 8.01. The number of thiazole rings is 1. The Hall–Kier alpha value is -1.25. The summed E-state index contributed by atoms with van der Waals surface area (Å²) in [5.41, 5.74) is -0.782. The molecule has 0 aliphatic heterocycles. The zero-order valence-corrected chi connectivity index (χ0v) is 17.7. The van der Waals surface area contributed by atoms with Crippen molar-refractivity contribution in [2.45, 2.75) is 61.8 Å². The van der Waals surface area contributed by atoms with Crippen molar-refractivity contribution in [2.24, 2.45) is 11.8 Å². The fourth-order valence-corrected chi connectivity index (χ4v) is 5.33. The largest absolute Gasteiger partial charge is 0.476 e. The third kappa shape index (κ3) is 7.29. The summed E-state index contributed by atoms with van der Waals surface area (Å²) in [5, 5.41) is 20.8. The topological polar surface area (TPSA) is 87.5 Å². The van der Waals surface area contributed by atoms with Crippen LogP contribution in [0.15, 0.2) is 21.9 Å². The summed E-state index contributed by atoms with van der Waals surface area (Å²) in [4.78, 5) is 27.2. The van der Waals surface area contributed by atoms with Gasteiger partial charge < -0.3 is 10.2 Å². The molecule has 2 rings (SSSR count). The van der Waals surface area contributed by atoms with Crippen molar-refractivity contribution in [3.05, 3.63) is 23.2 Å². The van der Waals surface area contributed by atoms with Gasteiger partial charge in [0.05, 0.1) is 12.3 Å². The predicted octanol–water partition coefficient (Wildman–Crippen LogP) is 4.76. The number of carboxylic acid groups (broad SMARTS) is 1. The number of halogens is 1. The number of aliphatic hydroxyl groups is 1. The zero-order valence-electron chi connectivity index (χ0n) is 16.1. The summed E-state index contributed by atoms with van der Waals surface area (Å²) in [7, 11) is 0. The van der Waals surface area contributed by atoms with Crippen molar-refractivity contribution in [3.63, 3.8) is 0 Å². The van der Waals surface area contributed by atoms with Gasteiger partial charge in [0.1, 0.15) is 5.78 Å². The van der Waals surface area contributed by atoms with Crippen LogP contribution in [-0.2, 0) is 4.79 Å². The van der Waals surface area contributed by atoms with Crippen LogP contribution in [0, 0.1) is 11.8 Å². The first-order valence-electron chi connectivity index (χ1n) is 9.62. The van der Waals surface area contributed by atoms with Crippen LogP contribution < -0.4 is 0 Å². The third-order valence-corrected chi connectivity index (χ3v) is 7.11. The highest BCUT2D eigenvalue weighted by Gasteiger charge is 2.32. The van der Waals surface area contributed by atoms with Crippen LogP contribution in [0.25, 0.3) is 0 Å². The summed E-state index contributed by atoms with van der Waals surface area (Å²) >= 11 is 2.79. The van der Waals surface area contributed by atoms with E-state index in [1.165, 1.54) is 28.5 Å². The molecule has 0 bridgehead atoms. The Morgan fingerprint density at radius 1 is 1.50 bits per heavy atom. The van der Waals surface area contributed by atoms with Gasteiger partial charge in [-0.2, -0.15) is 0 Å². The van der Waals surface area contributed by atoms with E-state index < -0.39 is 11.6 Å². The van der Waals surface area contributed by atoms with Gasteiger partial charge in [0.2, 0.25) is 0 Å². The van der Waals surface area contributed by atoms with Crippen LogP contribution in [0.5, 0.6) is 0 Å².